The Hall–Kier alpha value is -4.40. The van der Waals surface area contributed by atoms with Gasteiger partial charge in [0.25, 0.3) is 0 Å². The zero-order chi connectivity index (χ0) is 27.1. The molecule has 36 heavy (non-hydrogen) atoms. The molecule has 0 atom stereocenters. The van der Waals surface area contributed by atoms with Crippen LogP contribution in [0.15, 0.2) is 127 Å². The Kier molecular flexibility index (Phi) is 3.42. The maximum atomic E-state index is 9.10. The fraction of sp³-hybridized carbons (Fsp3) is 0. The molecule has 2 aromatic heterocycles. The average molecular weight is 480 g/mol. The van der Waals surface area contributed by atoms with Gasteiger partial charge in [-0.15, -0.1) is 11.3 Å². The summed E-state index contributed by atoms with van der Waals surface area (Å²) in [5.41, 5.74) is 4.52. The number of rotatable bonds is 2. The minimum Gasteiger partial charge on any atom is -0.309 e. The highest BCUT2D eigenvalue weighted by molar-refractivity contribution is 7.27. The van der Waals surface area contributed by atoms with Gasteiger partial charge in [0.2, 0.25) is 0 Å². The van der Waals surface area contributed by atoms with E-state index in [0.29, 0.717) is 10.9 Å². The molecule has 1 nitrogen and oxygen atoms in total. The van der Waals surface area contributed by atoms with Gasteiger partial charge in [-0.2, -0.15) is 0 Å². The van der Waals surface area contributed by atoms with Gasteiger partial charge in [-0.1, -0.05) is 97.0 Å². The summed E-state index contributed by atoms with van der Waals surface area (Å²) in [5, 5.41) is 5.70. The van der Waals surface area contributed by atoms with Gasteiger partial charge in [0.05, 0.1) is 16.5 Å². The van der Waals surface area contributed by atoms with E-state index in [9.17, 15) is 0 Å². The molecule has 0 aliphatic rings. The van der Waals surface area contributed by atoms with E-state index >= 15 is 0 Å². The Bertz CT molecular complexity index is 2300. The molecule has 0 unspecified atom stereocenters. The zero-order valence-corrected chi connectivity index (χ0v) is 20.0. The van der Waals surface area contributed by atoms with Crippen LogP contribution in [-0.2, 0) is 0 Å². The van der Waals surface area contributed by atoms with Crippen LogP contribution in [0.25, 0.3) is 69.6 Å². The Morgan fingerprint density at radius 3 is 2.14 bits per heavy atom. The smallest absolute Gasteiger partial charge is 0.0645 e. The highest BCUT2D eigenvalue weighted by Gasteiger charge is 2.21. The average Bonchev–Trinajstić information content (AvgIpc) is 3.56. The molecule has 0 amide bonds. The summed E-state index contributed by atoms with van der Waals surface area (Å²) >= 11 is 1.74. The summed E-state index contributed by atoms with van der Waals surface area (Å²) in [5.74, 6) is 0. The largest absolute Gasteiger partial charge is 0.309 e. The topological polar surface area (TPSA) is 4.93 Å². The number of fused-ring (bicyclic) bond motifs is 10. The predicted octanol–water partition coefficient (Wildman–Crippen LogP) is 9.97. The van der Waals surface area contributed by atoms with Crippen molar-refractivity contribution in [2.45, 2.75) is 0 Å². The number of thiophene rings is 1. The van der Waals surface area contributed by atoms with Gasteiger partial charge in [-0.05, 0) is 41.4 Å². The van der Waals surface area contributed by atoms with Crippen LogP contribution in [0.4, 0.5) is 0 Å². The number of para-hydroxylation sites is 2. The normalized spacial score (nSPS) is 13.4. The fourth-order valence-corrected chi connectivity index (χ4v) is 6.79. The van der Waals surface area contributed by atoms with Crippen molar-refractivity contribution in [3.05, 3.63) is 127 Å². The SMILES string of the molecule is [2H]c1c([2H])c([2H])c2c(c1[2H])c1c3c4cc(-c5ccccc5)ccc4sc3c3ccccc3c1n2-c1ccccc1. The highest BCUT2D eigenvalue weighted by Crippen LogP contribution is 2.48. The monoisotopic (exact) mass is 479 g/mol. The van der Waals surface area contributed by atoms with Crippen LogP contribution in [0.3, 0.4) is 0 Å². The summed E-state index contributed by atoms with van der Waals surface area (Å²) in [6.45, 7) is 0. The van der Waals surface area contributed by atoms with Gasteiger partial charge in [-0.25, -0.2) is 0 Å². The van der Waals surface area contributed by atoms with E-state index in [1.807, 2.05) is 59.2 Å². The number of benzene rings is 6. The van der Waals surface area contributed by atoms with Gasteiger partial charge in [0.1, 0.15) is 0 Å². The molecule has 2 heteroatoms. The fourth-order valence-electron chi connectivity index (χ4n) is 5.56. The number of aromatic nitrogens is 1. The van der Waals surface area contributed by atoms with Crippen LogP contribution in [0.2, 0.25) is 0 Å². The second-order valence-electron chi connectivity index (χ2n) is 9.05. The first-order valence-corrected chi connectivity index (χ1v) is 12.8. The van der Waals surface area contributed by atoms with Gasteiger partial charge in [0.15, 0.2) is 0 Å². The van der Waals surface area contributed by atoms with Crippen molar-refractivity contribution < 1.29 is 5.48 Å². The van der Waals surface area contributed by atoms with Crippen molar-refractivity contribution >= 4 is 64.1 Å². The lowest BCUT2D eigenvalue weighted by Crippen LogP contribution is -1.93. The molecule has 0 N–H and O–H groups in total. The van der Waals surface area contributed by atoms with E-state index in [0.717, 1.165) is 58.7 Å². The van der Waals surface area contributed by atoms with Gasteiger partial charge in [0, 0.05) is 47.4 Å². The quantitative estimate of drug-likeness (QED) is 0.232. The molecule has 6 aromatic carbocycles. The van der Waals surface area contributed by atoms with Crippen molar-refractivity contribution in [1.82, 2.24) is 4.57 Å². The third kappa shape index (κ3) is 2.71. The molecule has 2 heterocycles. The number of hydrogen-bond donors (Lipinski definition) is 0. The Balaban J connectivity index is 1.71. The Morgan fingerprint density at radius 1 is 0.583 bits per heavy atom. The minimum atomic E-state index is -0.223. The van der Waals surface area contributed by atoms with Crippen LogP contribution in [0, 0.1) is 0 Å². The molecule has 8 rings (SSSR count). The summed E-state index contributed by atoms with van der Waals surface area (Å²) < 4.78 is 39.6. The van der Waals surface area contributed by atoms with Crippen molar-refractivity contribution in [3.63, 3.8) is 0 Å². The van der Waals surface area contributed by atoms with Crippen LogP contribution in [0.1, 0.15) is 5.48 Å². The van der Waals surface area contributed by atoms with Crippen LogP contribution < -0.4 is 0 Å². The van der Waals surface area contributed by atoms with Gasteiger partial charge in [-0.3, -0.25) is 0 Å². The first kappa shape index (κ1) is 16.3. The zero-order valence-electron chi connectivity index (χ0n) is 23.2. The van der Waals surface area contributed by atoms with Crippen molar-refractivity contribution in [3.8, 4) is 16.8 Å². The lowest BCUT2D eigenvalue weighted by atomic mass is 9.98. The lowest BCUT2D eigenvalue weighted by molar-refractivity contribution is 1.19. The molecule has 0 saturated heterocycles. The number of nitrogens with zero attached hydrogens (tertiary/aromatic N) is 1. The van der Waals surface area contributed by atoms with E-state index < -0.39 is 0 Å². The molecule has 8 aromatic rings. The first-order valence-electron chi connectivity index (χ1n) is 14.0. The minimum absolute atomic E-state index is 0.00849. The molecule has 0 aliphatic carbocycles. The van der Waals surface area contributed by atoms with Gasteiger partial charge < -0.3 is 4.57 Å². The maximum absolute atomic E-state index is 9.10. The molecule has 0 aliphatic heterocycles. The third-order valence-electron chi connectivity index (χ3n) is 7.09. The molecule has 0 bridgehead atoms. The van der Waals surface area contributed by atoms with Crippen LogP contribution in [0.5, 0.6) is 0 Å². The molecule has 0 spiro atoms. The Morgan fingerprint density at radius 2 is 1.31 bits per heavy atom. The van der Waals surface area contributed by atoms with Gasteiger partial charge >= 0.3 is 0 Å². The van der Waals surface area contributed by atoms with E-state index in [2.05, 4.69) is 48.5 Å². The van der Waals surface area contributed by atoms with Crippen LogP contribution >= 0.6 is 11.3 Å². The first-order chi connectivity index (χ1) is 19.5. The molecule has 0 fully saturated rings. The summed E-state index contributed by atoms with van der Waals surface area (Å²) in [6.07, 6.45) is 0. The van der Waals surface area contributed by atoms with Crippen molar-refractivity contribution in [1.29, 1.82) is 0 Å². The lowest BCUT2D eigenvalue weighted by Gasteiger charge is -2.10. The Labute approximate surface area is 218 Å². The van der Waals surface area contributed by atoms with E-state index in [-0.39, 0.29) is 24.2 Å². The second kappa shape index (κ2) is 7.55. The maximum Gasteiger partial charge on any atom is 0.0645 e. The molecular weight excluding hydrogens is 454 g/mol. The third-order valence-corrected chi connectivity index (χ3v) is 8.29. The van der Waals surface area contributed by atoms with E-state index in [1.54, 1.807) is 11.3 Å². The standard InChI is InChI=1S/C34H21NS/c1-3-11-22(12-4-1)23-19-20-30-28(21-23)32-31-27-17-9-10-18-29(27)35(24-13-5-2-6-14-24)33(31)25-15-7-8-16-26(25)34(32)36-30/h1-21H/i9D,10D,17D,18D. The van der Waals surface area contributed by atoms with E-state index in [1.165, 1.54) is 0 Å². The molecule has 168 valence electrons. The van der Waals surface area contributed by atoms with Crippen LogP contribution in [-0.4, -0.2) is 4.57 Å². The summed E-state index contributed by atoms with van der Waals surface area (Å²) in [4.78, 5) is 0. The summed E-state index contributed by atoms with van der Waals surface area (Å²) in [7, 11) is 0. The number of hydrogen-bond acceptors (Lipinski definition) is 1. The van der Waals surface area contributed by atoms with Crippen molar-refractivity contribution in [2.75, 3.05) is 0 Å². The summed E-state index contributed by atoms with van der Waals surface area (Å²) in [6, 6.07) is 34.6. The van der Waals surface area contributed by atoms with Crippen molar-refractivity contribution in [2.24, 2.45) is 0 Å². The molecule has 0 radical (unpaired) electrons. The van der Waals surface area contributed by atoms with E-state index in [4.69, 9.17) is 5.48 Å². The molecule has 0 saturated carbocycles. The predicted molar refractivity (Wildman–Crippen MR) is 157 cm³/mol. The molecular formula is C34H21NS. The highest BCUT2D eigenvalue weighted by atomic mass is 32.1. The second-order valence-corrected chi connectivity index (χ2v) is 10.1.